The van der Waals surface area contributed by atoms with Gasteiger partial charge in [-0.25, -0.2) is 0 Å². The summed E-state index contributed by atoms with van der Waals surface area (Å²) in [5.41, 5.74) is 0. The summed E-state index contributed by atoms with van der Waals surface area (Å²) in [7, 11) is 3.19. The normalized spacial score (nSPS) is 27.0. The first-order valence-electron chi connectivity index (χ1n) is 8.75. The third-order valence-electron chi connectivity index (χ3n) is 3.94. The van der Waals surface area contributed by atoms with Crippen LogP contribution in [0.15, 0.2) is 0 Å². The molecular weight excluding hydrogens is 397 g/mol. The summed E-state index contributed by atoms with van der Waals surface area (Å²) >= 11 is 0. The molecule has 0 radical (unpaired) electrons. The van der Waals surface area contributed by atoms with E-state index in [9.17, 15) is 28.7 Å². The largest absolute Gasteiger partial charge is 0.547 e. The first-order valence-corrected chi connectivity index (χ1v) is 8.75. The van der Waals surface area contributed by atoms with Gasteiger partial charge in [0, 0.05) is 20.8 Å². The van der Waals surface area contributed by atoms with Gasteiger partial charge in [-0.2, -0.15) is 4.39 Å². The number of likely N-dealkylation sites (N-methyl/N-ethyl adjacent to an activating group) is 1. The SMILES string of the molecule is CC(=O)O[C@@H]1[C@@H](OC(C)=O)[C@H](OCC[N+](C)(C)CF)O[C@H](C(=O)[O-])[C@H]1OC(C)=O. The Balaban J connectivity index is 3.20. The number of carbonyl (C=O) groups is 4. The van der Waals surface area contributed by atoms with Crippen LogP contribution in [0.1, 0.15) is 20.8 Å². The summed E-state index contributed by atoms with van der Waals surface area (Å²) < 4.78 is 38.8. The summed E-state index contributed by atoms with van der Waals surface area (Å²) in [6, 6.07) is 0. The van der Waals surface area contributed by atoms with Crippen LogP contribution in [0.3, 0.4) is 0 Å². The molecule has 1 heterocycles. The Bertz CT molecular complexity index is 625. The molecule has 11 nitrogen and oxygen atoms in total. The summed E-state index contributed by atoms with van der Waals surface area (Å²) in [5, 5.41) is 11.5. The van der Waals surface area contributed by atoms with Crippen LogP contribution in [-0.2, 0) is 42.9 Å². The number of ether oxygens (including phenoxy) is 5. The number of carbonyl (C=O) groups excluding carboxylic acids is 4. The molecule has 0 unspecified atom stereocenters. The standard InChI is InChI=1S/C17H26FNO10/c1-9(20)26-12-13(27-10(2)21)15(28-11(3)22)17(29-14(12)16(23)24)25-7-6-19(4,5)8-18/h12-15,17H,6-8H2,1-5H3/t12-,13-,14-,15+,17+/m0/s1. The van der Waals surface area contributed by atoms with Gasteiger partial charge in [0.05, 0.1) is 26.7 Å². The minimum atomic E-state index is -1.87. The molecular formula is C17H26FNO10. The maximum Gasteiger partial charge on any atom is 0.303 e. The predicted molar refractivity (Wildman–Crippen MR) is 89.2 cm³/mol. The molecule has 0 aromatic rings. The van der Waals surface area contributed by atoms with Gasteiger partial charge >= 0.3 is 17.9 Å². The smallest absolute Gasteiger partial charge is 0.303 e. The van der Waals surface area contributed by atoms with E-state index in [0.717, 1.165) is 20.8 Å². The number of carboxylic acids is 1. The molecule has 5 atom stereocenters. The number of quaternary nitrogens is 1. The van der Waals surface area contributed by atoms with Gasteiger partial charge in [-0.3, -0.25) is 14.4 Å². The zero-order chi connectivity index (χ0) is 22.4. The molecule has 166 valence electrons. The molecule has 0 aliphatic carbocycles. The number of carboxylic acid groups (broad SMARTS) is 1. The van der Waals surface area contributed by atoms with Gasteiger partial charge in [0.15, 0.2) is 24.6 Å². The van der Waals surface area contributed by atoms with Crippen LogP contribution in [0.25, 0.3) is 0 Å². The maximum absolute atomic E-state index is 13.0. The van der Waals surface area contributed by atoms with Crippen molar-refractivity contribution in [1.82, 2.24) is 0 Å². The Labute approximate surface area is 167 Å². The minimum absolute atomic E-state index is 0.0572. The molecule has 0 saturated carbocycles. The van der Waals surface area contributed by atoms with E-state index >= 15 is 0 Å². The van der Waals surface area contributed by atoms with Gasteiger partial charge in [0.25, 0.3) is 0 Å². The van der Waals surface area contributed by atoms with E-state index < -0.39 is 61.4 Å². The van der Waals surface area contributed by atoms with Crippen LogP contribution < -0.4 is 5.11 Å². The Morgan fingerprint density at radius 2 is 1.41 bits per heavy atom. The zero-order valence-corrected chi connectivity index (χ0v) is 16.9. The zero-order valence-electron chi connectivity index (χ0n) is 16.9. The van der Waals surface area contributed by atoms with E-state index in [1.54, 1.807) is 14.1 Å². The Kier molecular flexibility index (Phi) is 8.92. The van der Waals surface area contributed by atoms with E-state index in [1.165, 1.54) is 0 Å². The molecule has 29 heavy (non-hydrogen) atoms. The Morgan fingerprint density at radius 3 is 1.86 bits per heavy atom. The topological polar surface area (TPSA) is 137 Å². The fourth-order valence-corrected chi connectivity index (χ4v) is 2.57. The van der Waals surface area contributed by atoms with Gasteiger partial charge in [-0.15, -0.1) is 0 Å². The second-order valence-corrected chi connectivity index (χ2v) is 7.12. The molecule has 1 saturated heterocycles. The van der Waals surface area contributed by atoms with Crippen LogP contribution in [0.5, 0.6) is 0 Å². The molecule has 1 rings (SSSR count). The van der Waals surface area contributed by atoms with Crippen LogP contribution in [0, 0.1) is 0 Å². The molecule has 1 aliphatic heterocycles. The van der Waals surface area contributed by atoms with Gasteiger partial charge in [-0.1, -0.05) is 0 Å². The lowest BCUT2D eigenvalue weighted by molar-refractivity contribution is -0.903. The van der Waals surface area contributed by atoms with E-state index in [-0.39, 0.29) is 17.6 Å². The van der Waals surface area contributed by atoms with Crippen molar-refractivity contribution >= 4 is 23.9 Å². The molecule has 0 aromatic carbocycles. The summed E-state index contributed by atoms with van der Waals surface area (Å²) in [6.07, 6.45) is -8.01. The van der Waals surface area contributed by atoms with Crippen molar-refractivity contribution < 1.29 is 56.8 Å². The fourth-order valence-electron chi connectivity index (χ4n) is 2.57. The summed E-state index contributed by atoms with van der Waals surface area (Å²) in [4.78, 5) is 46.1. The fraction of sp³-hybridized carbons (Fsp3) is 0.765. The Hall–Kier alpha value is -2.31. The highest BCUT2D eigenvalue weighted by molar-refractivity contribution is 5.74. The highest BCUT2D eigenvalue weighted by Gasteiger charge is 2.53. The average Bonchev–Trinajstić information content (AvgIpc) is 2.57. The van der Waals surface area contributed by atoms with Crippen molar-refractivity contribution in [3.05, 3.63) is 0 Å². The number of hydrogen-bond acceptors (Lipinski definition) is 10. The number of aliphatic carboxylic acids is 1. The predicted octanol–water partition coefficient (Wildman–Crippen LogP) is -1.72. The number of nitrogens with zero attached hydrogens (tertiary/aromatic N) is 1. The first-order chi connectivity index (χ1) is 13.4. The maximum atomic E-state index is 13.0. The number of alkyl halides is 1. The molecule has 1 aliphatic rings. The Morgan fingerprint density at radius 1 is 0.931 bits per heavy atom. The lowest BCUT2D eigenvalue weighted by Gasteiger charge is -2.44. The van der Waals surface area contributed by atoms with E-state index in [4.69, 9.17) is 23.7 Å². The molecule has 0 amide bonds. The van der Waals surface area contributed by atoms with Crippen molar-refractivity contribution in [3.8, 4) is 0 Å². The van der Waals surface area contributed by atoms with Gasteiger partial charge < -0.3 is 38.1 Å². The minimum Gasteiger partial charge on any atom is -0.547 e. The van der Waals surface area contributed by atoms with Crippen LogP contribution in [0.2, 0.25) is 0 Å². The molecule has 12 heteroatoms. The molecule has 1 fully saturated rings. The number of halogens is 1. The highest BCUT2D eigenvalue weighted by atomic mass is 19.1. The second kappa shape index (κ2) is 10.5. The molecule has 0 bridgehead atoms. The van der Waals surface area contributed by atoms with Crippen molar-refractivity contribution in [2.45, 2.75) is 51.5 Å². The summed E-state index contributed by atoms with van der Waals surface area (Å²) in [6.45, 7) is 2.49. The van der Waals surface area contributed by atoms with Crippen molar-refractivity contribution in [2.75, 3.05) is 34.0 Å². The lowest BCUT2D eigenvalue weighted by atomic mass is 9.98. The lowest BCUT2D eigenvalue weighted by Crippen LogP contribution is -2.65. The number of rotatable bonds is 9. The van der Waals surface area contributed by atoms with Crippen molar-refractivity contribution in [3.63, 3.8) is 0 Å². The molecule has 0 spiro atoms. The third-order valence-corrected chi connectivity index (χ3v) is 3.94. The number of esters is 3. The quantitative estimate of drug-likeness (QED) is 0.182. The van der Waals surface area contributed by atoms with Gasteiger partial charge in [0.1, 0.15) is 12.6 Å². The monoisotopic (exact) mass is 423 g/mol. The van der Waals surface area contributed by atoms with Crippen molar-refractivity contribution in [2.24, 2.45) is 0 Å². The van der Waals surface area contributed by atoms with Crippen molar-refractivity contribution in [1.29, 1.82) is 0 Å². The van der Waals surface area contributed by atoms with Crippen LogP contribution in [-0.4, -0.2) is 93.1 Å². The van der Waals surface area contributed by atoms with Gasteiger partial charge in [-0.05, 0) is 0 Å². The average molecular weight is 423 g/mol. The van der Waals surface area contributed by atoms with E-state index in [2.05, 4.69) is 0 Å². The van der Waals surface area contributed by atoms with Crippen LogP contribution >= 0.6 is 0 Å². The first kappa shape index (κ1) is 24.7. The van der Waals surface area contributed by atoms with E-state index in [1.807, 2.05) is 0 Å². The number of hydrogen-bond donors (Lipinski definition) is 0. The van der Waals surface area contributed by atoms with Gasteiger partial charge in [0.2, 0.25) is 6.80 Å². The second-order valence-electron chi connectivity index (χ2n) is 7.12. The molecule has 0 N–H and O–H groups in total. The van der Waals surface area contributed by atoms with Crippen LogP contribution in [0.4, 0.5) is 4.39 Å². The van der Waals surface area contributed by atoms with E-state index in [0.29, 0.717) is 0 Å². The molecule has 0 aromatic heterocycles. The summed E-state index contributed by atoms with van der Waals surface area (Å²) in [5.74, 6) is -4.30. The third kappa shape index (κ3) is 7.55. The highest BCUT2D eigenvalue weighted by Crippen LogP contribution is 2.29.